The van der Waals surface area contributed by atoms with E-state index in [0.717, 1.165) is 28.5 Å². The number of esters is 1. The van der Waals surface area contributed by atoms with Crippen LogP contribution in [0.1, 0.15) is 31.8 Å². The van der Waals surface area contributed by atoms with Crippen molar-refractivity contribution >= 4 is 34.8 Å². The van der Waals surface area contributed by atoms with Crippen LogP contribution >= 0.6 is 0 Å². The van der Waals surface area contributed by atoms with Crippen LogP contribution in [0.15, 0.2) is 90.0 Å². The number of rotatable bonds is 7. The van der Waals surface area contributed by atoms with Crippen LogP contribution in [0.3, 0.4) is 0 Å². The molecule has 4 rings (SSSR count). The number of hydrogen-bond donors (Lipinski definition) is 2. The number of nitrogens with one attached hydrogen (secondary N) is 2. The zero-order valence-electron chi connectivity index (χ0n) is 19.3. The van der Waals surface area contributed by atoms with Gasteiger partial charge in [-0.1, -0.05) is 48.0 Å². The first-order valence-electron chi connectivity index (χ1n) is 11.1. The van der Waals surface area contributed by atoms with Gasteiger partial charge in [-0.15, -0.1) is 0 Å². The topological polar surface area (TPSA) is 96.9 Å². The number of fused-ring (bicyclic) bond motifs is 1. The summed E-state index contributed by atoms with van der Waals surface area (Å²) in [4.78, 5) is 37.0. The molecule has 0 aliphatic carbocycles. The van der Waals surface area contributed by atoms with Crippen molar-refractivity contribution in [3.05, 3.63) is 113 Å². The molecule has 0 fully saturated rings. The van der Waals surface area contributed by atoms with Gasteiger partial charge in [-0.2, -0.15) is 5.10 Å². The molecule has 0 unspecified atom stereocenters. The van der Waals surface area contributed by atoms with Gasteiger partial charge in [-0.25, -0.2) is 14.6 Å². The molecule has 180 valence electrons. The average Bonchev–Trinajstić information content (AvgIpc) is 2.88. The van der Waals surface area contributed by atoms with Crippen LogP contribution in [0.4, 0.5) is 4.39 Å². The zero-order chi connectivity index (χ0) is 25.5. The van der Waals surface area contributed by atoms with Gasteiger partial charge >= 0.3 is 5.97 Å². The minimum Gasteiger partial charge on any atom is -0.422 e. The van der Waals surface area contributed by atoms with Gasteiger partial charge < -0.3 is 10.1 Å². The monoisotopic (exact) mass is 483 g/mol. The molecule has 0 bridgehead atoms. The Hall–Kier alpha value is -4.85. The lowest BCUT2D eigenvalue weighted by molar-refractivity contribution is -0.120. The van der Waals surface area contributed by atoms with E-state index in [4.69, 9.17) is 4.74 Å². The minimum atomic E-state index is -0.569. The van der Waals surface area contributed by atoms with Crippen LogP contribution in [0.2, 0.25) is 0 Å². The predicted molar refractivity (Wildman–Crippen MR) is 135 cm³/mol. The van der Waals surface area contributed by atoms with Crippen molar-refractivity contribution in [2.75, 3.05) is 6.54 Å². The van der Waals surface area contributed by atoms with Gasteiger partial charge in [0.05, 0.1) is 18.3 Å². The van der Waals surface area contributed by atoms with E-state index in [-0.39, 0.29) is 17.9 Å². The summed E-state index contributed by atoms with van der Waals surface area (Å²) in [6.45, 7) is 1.55. The van der Waals surface area contributed by atoms with Crippen LogP contribution in [-0.2, 0) is 4.79 Å². The Morgan fingerprint density at radius 1 is 0.917 bits per heavy atom. The first-order chi connectivity index (χ1) is 17.4. The summed E-state index contributed by atoms with van der Waals surface area (Å²) < 4.78 is 18.7. The van der Waals surface area contributed by atoms with Crippen molar-refractivity contribution in [1.29, 1.82) is 0 Å². The molecule has 0 saturated carbocycles. The summed E-state index contributed by atoms with van der Waals surface area (Å²) in [7, 11) is 0. The second-order valence-corrected chi connectivity index (χ2v) is 7.94. The highest BCUT2D eigenvalue weighted by molar-refractivity contribution is 6.04. The molecule has 36 heavy (non-hydrogen) atoms. The van der Waals surface area contributed by atoms with Crippen molar-refractivity contribution in [2.24, 2.45) is 5.10 Å². The molecule has 8 heteroatoms. The van der Waals surface area contributed by atoms with E-state index in [1.165, 1.54) is 18.3 Å². The normalized spacial score (nSPS) is 10.8. The van der Waals surface area contributed by atoms with Gasteiger partial charge in [0, 0.05) is 11.1 Å². The quantitative estimate of drug-likeness (QED) is 0.176. The molecule has 0 heterocycles. The van der Waals surface area contributed by atoms with Crippen LogP contribution in [0.5, 0.6) is 5.75 Å². The number of benzene rings is 4. The highest BCUT2D eigenvalue weighted by Gasteiger charge is 2.14. The van der Waals surface area contributed by atoms with Crippen LogP contribution in [0, 0.1) is 12.7 Å². The number of halogens is 1. The molecule has 0 radical (unpaired) electrons. The second-order valence-electron chi connectivity index (χ2n) is 7.94. The van der Waals surface area contributed by atoms with Crippen molar-refractivity contribution in [3.63, 3.8) is 0 Å². The number of hydrogen-bond acceptors (Lipinski definition) is 5. The van der Waals surface area contributed by atoms with E-state index in [2.05, 4.69) is 15.8 Å². The van der Waals surface area contributed by atoms with Gasteiger partial charge in [0.2, 0.25) is 0 Å². The number of carbonyl (C=O) groups excluding carboxylic acids is 3. The maximum atomic E-state index is 13.0. The smallest absolute Gasteiger partial charge is 0.343 e. The summed E-state index contributed by atoms with van der Waals surface area (Å²) in [5.74, 6) is -1.79. The molecule has 0 saturated heterocycles. The van der Waals surface area contributed by atoms with Gasteiger partial charge in [-0.05, 0) is 60.2 Å². The summed E-state index contributed by atoms with van der Waals surface area (Å²) in [5.41, 5.74) is 4.42. The fourth-order valence-corrected chi connectivity index (χ4v) is 3.50. The Balaban J connectivity index is 1.47. The number of aryl methyl sites for hydroxylation is 1. The first-order valence-corrected chi connectivity index (χ1v) is 11.1. The predicted octanol–water partition coefficient (Wildman–Crippen LogP) is 4.39. The molecular formula is C28H22FN3O4. The van der Waals surface area contributed by atoms with Gasteiger partial charge in [0.25, 0.3) is 11.8 Å². The Labute approximate surface area is 206 Å². The van der Waals surface area contributed by atoms with E-state index < -0.39 is 23.6 Å². The summed E-state index contributed by atoms with van der Waals surface area (Å²) in [6.07, 6.45) is 1.39. The van der Waals surface area contributed by atoms with Crippen molar-refractivity contribution < 1.29 is 23.5 Å². The molecule has 4 aromatic carbocycles. The van der Waals surface area contributed by atoms with E-state index in [0.29, 0.717) is 11.1 Å². The third-order valence-electron chi connectivity index (χ3n) is 5.29. The van der Waals surface area contributed by atoms with Crippen LogP contribution in [-0.4, -0.2) is 30.5 Å². The number of carbonyl (C=O) groups is 3. The maximum absolute atomic E-state index is 13.0. The lowest BCUT2D eigenvalue weighted by Gasteiger charge is -2.11. The zero-order valence-corrected chi connectivity index (χ0v) is 19.3. The van der Waals surface area contributed by atoms with Gasteiger partial charge in [0.1, 0.15) is 11.6 Å². The number of hydrazone groups is 1. The molecule has 0 atom stereocenters. The summed E-state index contributed by atoms with van der Waals surface area (Å²) in [5, 5.41) is 8.10. The molecule has 7 nitrogen and oxygen atoms in total. The summed E-state index contributed by atoms with van der Waals surface area (Å²) >= 11 is 0. The molecule has 0 aliphatic heterocycles. The first kappa shape index (κ1) is 24.3. The van der Waals surface area contributed by atoms with E-state index in [9.17, 15) is 18.8 Å². The maximum Gasteiger partial charge on any atom is 0.343 e. The highest BCUT2D eigenvalue weighted by Crippen LogP contribution is 2.27. The van der Waals surface area contributed by atoms with Gasteiger partial charge in [-0.3, -0.25) is 9.59 Å². The molecule has 2 N–H and O–H groups in total. The molecule has 0 spiro atoms. The third-order valence-corrected chi connectivity index (χ3v) is 5.29. The van der Waals surface area contributed by atoms with E-state index in [1.54, 1.807) is 24.3 Å². The lowest BCUT2D eigenvalue weighted by atomic mass is 10.0. The summed E-state index contributed by atoms with van der Waals surface area (Å²) in [6, 6.07) is 23.0. The highest BCUT2D eigenvalue weighted by atomic mass is 19.1. The number of ether oxygens (including phenoxy) is 1. The van der Waals surface area contributed by atoms with E-state index >= 15 is 0 Å². The fraction of sp³-hybridized carbons (Fsp3) is 0.0714. The molecular weight excluding hydrogens is 461 g/mol. The fourth-order valence-electron chi connectivity index (χ4n) is 3.50. The Morgan fingerprint density at radius 3 is 2.47 bits per heavy atom. The number of amides is 2. The van der Waals surface area contributed by atoms with Crippen molar-refractivity contribution in [1.82, 2.24) is 10.7 Å². The molecule has 0 aliphatic rings. The molecule has 0 aromatic heterocycles. The van der Waals surface area contributed by atoms with Crippen LogP contribution < -0.4 is 15.5 Å². The minimum absolute atomic E-state index is 0.225. The molecule has 2 amide bonds. The molecule has 4 aromatic rings. The van der Waals surface area contributed by atoms with E-state index in [1.807, 2.05) is 43.3 Å². The Bertz CT molecular complexity index is 1470. The second kappa shape index (κ2) is 11.1. The standard InChI is InChI=1S/C28H22FN3O4/c1-18-5-4-7-21(15-18)28(35)36-25-14-11-19-6-2-3-8-23(19)24(25)16-31-32-26(33)17-30-27(34)20-9-12-22(29)13-10-20/h2-16H,17H2,1H3,(H,30,34)(H,32,33)/b31-16+. The Morgan fingerprint density at radius 2 is 1.69 bits per heavy atom. The largest absolute Gasteiger partial charge is 0.422 e. The van der Waals surface area contributed by atoms with Gasteiger partial charge in [0.15, 0.2) is 0 Å². The number of nitrogens with zero attached hydrogens (tertiary/aromatic N) is 1. The SMILES string of the molecule is Cc1cccc(C(=O)Oc2ccc3ccccc3c2/C=N/NC(=O)CNC(=O)c2ccc(F)cc2)c1. The lowest BCUT2D eigenvalue weighted by Crippen LogP contribution is -2.34. The van der Waals surface area contributed by atoms with Crippen LogP contribution in [0.25, 0.3) is 10.8 Å². The Kier molecular flexibility index (Phi) is 7.45. The average molecular weight is 483 g/mol. The van der Waals surface area contributed by atoms with Crippen molar-refractivity contribution in [2.45, 2.75) is 6.92 Å². The third kappa shape index (κ3) is 5.98. The van der Waals surface area contributed by atoms with Crippen molar-refractivity contribution in [3.8, 4) is 5.75 Å².